The van der Waals surface area contributed by atoms with Crippen molar-refractivity contribution >= 4 is 17.7 Å². The lowest BCUT2D eigenvalue weighted by molar-refractivity contribution is -0.120. The fourth-order valence-electron chi connectivity index (χ4n) is 4.70. The number of aryl methyl sites for hydroxylation is 1. The number of amides is 1. The Balaban J connectivity index is 1.49. The van der Waals surface area contributed by atoms with Crippen molar-refractivity contribution in [3.05, 3.63) is 77.0 Å². The molecule has 0 fully saturated rings. The molecule has 3 atom stereocenters. The third-order valence-corrected chi connectivity index (χ3v) is 6.94. The summed E-state index contributed by atoms with van der Waals surface area (Å²) in [5, 5.41) is 17.8. The van der Waals surface area contributed by atoms with Crippen molar-refractivity contribution in [1.82, 2.24) is 20.6 Å². The number of aliphatic hydroxyl groups is 1. The van der Waals surface area contributed by atoms with Crippen LogP contribution in [0.2, 0.25) is 0 Å². The highest BCUT2D eigenvalue weighted by Gasteiger charge is 2.25. The Kier molecular flexibility index (Phi) is 8.66. The summed E-state index contributed by atoms with van der Waals surface area (Å²) < 4.78 is 27.3. The molecular formula is C27H30F2N4O2S. The van der Waals surface area contributed by atoms with Gasteiger partial charge in [0.25, 0.3) is 0 Å². The van der Waals surface area contributed by atoms with E-state index in [1.54, 1.807) is 6.20 Å². The number of thioether (sulfide) groups is 1. The highest BCUT2D eigenvalue weighted by Crippen LogP contribution is 2.33. The minimum absolute atomic E-state index is 0.0230. The third-order valence-electron chi connectivity index (χ3n) is 6.38. The first-order chi connectivity index (χ1) is 17.3. The summed E-state index contributed by atoms with van der Waals surface area (Å²) in [4.78, 5) is 20.6. The fraction of sp³-hybridized carbons (Fsp3) is 0.370. The second-order valence-electron chi connectivity index (χ2n) is 9.05. The van der Waals surface area contributed by atoms with Crippen LogP contribution in [0.25, 0.3) is 11.3 Å². The van der Waals surface area contributed by atoms with E-state index < -0.39 is 23.8 Å². The quantitative estimate of drug-likeness (QED) is 0.294. The number of halogens is 2. The molecule has 0 spiro atoms. The van der Waals surface area contributed by atoms with Crippen LogP contribution in [0, 0.1) is 11.6 Å². The van der Waals surface area contributed by atoms with Crippen molar-refractivity contribution in [3.63, 3.8) is 0 Å². The molecule has 6 nitrogen and oxygen atoms in total. The van der Waals surface area contributed by atoms with Gasteiger partial charge in [-0.25, -0.2) is 18.7 Å². The standard InChI is InChI=1S/C27H30F2N4O2S/c1-16(34)32-25(12-17-10-20(28)14-21(29)11-17)26(35)15-31-24-5-3-4-18-6-7-19(13-22(18)24)23-8-9-30-27(33-23)36-2/h6-11,13-14,24-26,31,35H,3-5,12,15H2,1-2H3,(H,32,34)/t24?,25-,26+/m0/s1. The lowest BCUT2D eigenvalue weighted by Gasteiger charge is -2.30. The molecule has 2 aromatic carbocycles. The van der Waals surface area contributed by atoms with Gasteiger partial charge in [-0.3, -0.25) is 4.79 Å². The van der Waals surface area contributed by atoms with Crippen LogP contribution in [0.5, 0.6) is 0 Å². The van der Waals surface area contributed by atoms with Crippen LogP contribution in [0.3, 0.4) is 0 Å². The SMILES string of the molecule is CSc1nccc(-c2ccc3c(c2)C(NC[C@@H](O)[C@H](Cc2cc(F)cc(F)c2)NC(C)=O)CCC3)n1. The number of carbonyl (C=O) groups is 1. The summed E-state index contributed by atoms with van der Waals surface area (Å²) in [5.74, 6) is -1.71. The van der Waals surface area contributed by atoms with Crippen LogP contribution in [-0.4, -0.2) is 45.9 Å². The topological polar surface area (TPSA) is 87.1 Å². The monoisotopic (exact) mass is 512 g/mol. The summed E-state index contributed by atoms with van der Waals surface area (Å²) in [5.41, 5.74) is 4.65. The Morgan fingerprint density at radius 2 is 1.97 bits per heavy atom. The van der Waals surface area contributed by atoms with Gasteiger partial charge in [-0.05, 0) is 72.9 Å². The Morgan fingerprint density at radius 1 is 1.19 bits per heavy atom. The molecule has 9 heteroatoms. The van der Waals surface area contributed by atoms with E-state index in [2.05, 4.69) is 38.8 Å². The van der Waals surface area contributed by atoms with Crippen LogP contribution >= 0.6 is 11.8 Å². The minimum Gasteiger partial charge on any atom is -0.390 e. The average Bonchev–Trinajstić information content (AvgIpc) is 2.85. The number of nitrogens with zero attached hydrogens (tertiary/aromatic N) is 2. The predicted octanol–water partition coefficient (Wildman–Crippen LogP) is 4.22. The maximum Gasteiger partial charge on any atom is 0.217 e. The number of benzene rings is 2. The zero-order chi connectivity index (χ0) is 25.7. The van der Waals surface area contributed by atoms with Gasteiger partial charge in [0.05, 0.1) is 17.8 Å². The summed E-state index contributed by atoms with van der Waals surface area (Å²) in [6.07, 6.45) is 5.75. The second kappa shape index (κ2) is 11.9. The van der Waals surface area contributed by atoms with E-state index in [1.165, 1.54) is 41.9 Å². The molecule has 1 aliphatic carbocycles. The molecule has 0 saturated carbocycles. The number of rotatable bonds is 9. The first-order valence-corrected chi connectivity index (χ1v) is 13.2. The van der Waals surface area contributed by atoms with E-state index >= 15 is 0 Å². The molecule has 0 bridgehead atoms. The molecule has 1 amide bonds. The first-order valence-electron chi connectivity index (χ1n) is 12.0. The van der Waals surface area contributed by atoms with E-state index in [1.807, 2.05) is 12.3 Å². The van der Waals surface area contributed by atoms with Gasteiger partial charge in [0.1, 0.15) is 11.6 Å². The molecule has 1 heterocycles. The Bertz CT molecular complexity index is 1210. The molecule has 0 saturated heterocycles. The number of hydrogen-bond donors (Lipinski definition) is 3. The highest BCUT2D eigenvalue weighted by atomic mass is 32.2. The van der Waals surface area contributed by atoms with Crippen LogP contribution in [0.4, 0.5) is 8.78 Å². The zero-order valence-electron chi connectivity index (χ0n) is 20.3. The van der Waals surface area contributed by atoms with Gasteiger partial charge < -0.3 is 15.7 Å². The van der Waals surface area contributed by atoms with E-state index in [0.717, 1.165) is 36.6 Å². The van der Waals surface area contributed by atoms with Crippen molar-refractivity contribution in [1.29, 1.82) is 0 Å². The Hall–Kier alpha value is -2.88. The van der Waals surface area contributed by atoms with Gasteiger partial charge in [-0.15, -0.1) is 0 Å². The number of fused-ring (bicyclic) bond motifs is 1. The third kappa shape index (κ3) is 6.66. The Morgan fingerprint density at radius 3 is 2.69 bits per heavy atom. The van der Waals surface area contributed by atoms with Crippen LogP contribution in [0.1, 0.15) is 42.5 Å². The van der Waals surface area contributed by atoms with Crippen LogP contribution in [-0.2, 0) is 17.6 Å². The van der Waals surface area contributed by atoms with Crippen molar-refractivity contribution in [2.75, 3.05) is 12.8 Å². The molecule has 1 aliphatic rings. The summed E-state index contributed by atoms with van der Waals surface area (Å²) in [6, 6.07) is 10.8. The smallest absolute Gasteiger partial charge is 0.217 e. The summed E-state index contributed by atoms with van der Waals surface area (Å²) in [7, 11) is 0. The molecule has 0 radical (unpaired) electrons. The largest absolute Gasteiger partial charge is 0.390 e. The number of aromatic nitrogens is 2. The van der Waals surface area contributed by atoms with Crippen molar-refractivity contribution in [2.45, 2.75) is 56.0 Å². The number of hydrogen-bond acceptors (Lipinski definition) is 6. The molecule has 3 aromatic rings. The molecule has 190 valence electrons. The number of aliphatic hydroxyl groups excluding tert-OH is 1. The summed E-state index contributed by atoms with van der Waals surface area (Å²) in [6.45, 7) is 1.56. The van der Waals surface area contributed by atoms with Crippen molar-refractivity contribution in [2.24, 2.45) is 0 Å². The number of nitrogens with one attached hydrogen (secondary N) is 2. The van der Waals surface area contributed by atoms with Crippen LogP contribution in [0.15, 0.2) is 53.8 Å². The maximum absolute atomic E-state index is 13.7. The molecular weight excluding hydrogens is 482 g/mol. The fourth-order valence-corrected chi connectivity index (χ4v) is 5.06. The van der Waals surface area contributed by atoms with E-state index in [0.29, 0.717) is 10.7 Å². The van der Waals surface area contributed by atoms with E-state index in [-0.39, 0.29) is 24.9 Å². The van der Waals surface area contributed by atoms with Gasteiger partial charge in [0.2, 0.25) is 5.91 Å². The lowest BCUT2D eigenvalue weighted by Crippen LogP contribution is -2.48. The second-order valence-corrected chi connectivity index (χ2v) is 9.82. The van der Waals surface area contributed by atoms with E-state index in [9.17, 15) is 18.7 Å². The molecule has 36 heavy (non-hydrogen) atoms. The van der Waals surface area contributed by atoms with Gasteiger partial charge in [-0.2, -0.15) is 0 Å². The van der Waals surface area contributed by atoms with Gasteiger partial charge in [0.15, 0.2) is 5.16 Å². The normalized spacial score (nSPS) is 16.8. The van der Waals surface area contributed by atoms with Gasteiger partial charge in [0, 0.05) is 37.3 Å². The van der Waals surface area contributed by atoms with Crippen LogP contribution < -0.4 is 10.6 Å². The van der Waals surface area contributed by atoms with Crippen molar-refractivity contribution < 1.29 is 18.7 Å². The van der Waals surface area contributed by atoms with E-state index in [4.69, 9.17) is 0 Å². The lowest BCUT2D eigenvalue weighted by atomic mass is 9.86. The number of carbonyl (C=O) groups excluding carboxylic acids is 1. The highest BCUT2D eigenvalue weighted by molar-refractivity contribution is 7.98. The predicted molar refractivity (Wildman–Crippen MR) is 137 cm³/mol. The molecule has 4 rings (SSSR count). The Labute approximate surface area is 214 Å². The zero-order valence-corrected chi connectivity index (χ0v) is 21.1. The average molecular weight is 513 g/mol. The van der Waals surface area contributed by atoms with Crippen molar-refractivity contribution in [3.8, 4) is 11.3 Å². The van der Waals surface area contributed by atoms with Gasteiger partial charge in [-0.1, -0.05) is 23.9 Å². The minimum atomic E-state index is -0.959. The molecule has 1 aromatic heterocycles. The van der Waals surface area contributed by atoms with Gasteiger partial charge >= 0.3 is 0 Å². The first kappa shape index (κ1) is 26.2. The molecule has 1 unspecified atom stereocenters. The summed E-state index contributed by atoms with van der Waals surface area (Å²) >= 11 is 1.49. The molecule has 3 N–H and O–H groups in total. The molecule has 0 aliphatic heterocycles. The maximum atomic E-state index is 13.7.